The summed E-state index contributed by atoms with van der Waals surface area (Å²) in [4.78, 5) is 11.1. The van der Waals surface area contributed by atoms with Gasteiger partial charge in [0.1, 0.15) is 5.82 Å². The highest BCUT2D eigenvalue weighted by molar-refractivity contribution is 9.10. The van der Waals surface area contributed by atoms with Crippen LogP contribution in [-0.4, -0.2) is 5.91 Å². The van der Waals surface area contributed by atoms with Crippen LogP contribution in [-0.2, 0) is 4.79 Å². The number of amides is 1. The predicted octanol–water partition coefficient (Wildman–Crippen LogP) is 3.93. The molecule has 1 aromatic carbocycles. The van der Waals surface area contributed by atoms with Gasteiger partial charge in [0.05, 0.1) is 14.5 Å². The van der Waals surface area contributed by atoms with Crippen molar-refractivity contribution in [1.82, 2.24) is 0 Å². The van der Waals surface area contributed by atoms with Gasteiger partial charge in [-0.3, -0.25) is 4.79 Å². The topological polar surface area (TPSA) is 29.1 Å². The molecule has 2 nitrogen and oxygen atoms in total. The SMILES string of the molecule is C=C(Cl)C(=O)Nc1cc(F)c(Br)c(Cl)c1. The quantitative estimate of drug-likeness (QED) is 0.650. The molecule has 0 heterocycles. The number of hydrogen-bond acceptors (Lipinski definition) is 1. The van der Waals surface area contributed by atoms with Gasteiger partial charge in [0.15, 0.2) is 0 Å². The molecule has 0 unspecified atom stereocenters. The molecule has 0 saturated heterocycles. The maximum atomic E-state index is 13.2. The summed E-state index contributed by atoms with van der Waals surface area (Å²) in [6.45, 7) is 3.23. The molecule has 0 fully saturated rings. The Morgan fingerprint density at radius 3 is 2.60 bits per heavy atom. The van der Waals surface area contributed by atoms with Gasteiger partial charge in [-0.2, -0.15) is 0 Å². The van der Waals surface area contributed by atoms with Crippen LogP contribution in [0.1, 0.15) is 0 Å². The Kier molecular flexibility index (Phi) is 4.13. The van der Waals surface area contributed by atoms with E-state index in [1.165, 1.54) is 6.07 Å². The van der Waals surface area contributed by atoms with Gasteiger partial charge in [0, 0.05) is 5.69 Å². The molecule has 15 heavy (non-hydrogen) atoms. The minimum absolute atomic E-state index is 0.145. The zero-order valence-electron chi connectivity index (χ0n) is 7.28. The van der Waals surface area contributed by atoms with E-state index >= 15 is 0 Å². The molecule has 0 radical (unpaired) electrons. The molecule has 1 amide bonds. The van der Waals surface area contributed by atoms with Crippen molar-refractivity contribution in [3.8, 4) is 0 Å². The van der Waals surface area contributed by atoms with E-state index in [2.05, 4.69) is 27.8 Å². The fraction of sp³-hybridized carbons (Fsp3) is 0. The first-order chi connectivity index (χ1) is 6.91. The Hall–Kier alpha value is -0.580. The van der Waals surface area contributed by atoms with Gasteiger partial charge in [0.25, 0.3) is 5.91 Å². The van der Waals surface area contributed by atoms with Crippen LogP contribution in [0.4, 0.5) is 10.1 Å². The van der Waals surface area contributed by atoms with Crippen LogP contribution in [0.5, 0.6) is 0 Å². The summed E-state index contributed by atoms with van der Waals surface area (Å²) in [5, 5.41) is 2.31. The Balaban J connectivity index is 2.98. The summed E-state index contributed by atoms with van der Waals surface area (Å²) in [7, 11) is 0. The molecular weight excluding hydrogens is 308 g/mol. The second-order valence-corrected chi connectivity index (χ2v) is 4.27. The number of hydrogen-bond donors (Lipinski definition) is 1. The monoisotopic (exact) mass is 311 g/mol. The van der Waals surface area contributed by atoms with Crippen molar-refractivity contribution in [2.24, 2.45) is 0 Å². The van der Waals surface area contributed by atoms with Crippen molar-refractivity contribution in [2.45, 2.75) is 0 Å². The zero-order chi connectivity index (χ0) is 11.6. The number of anilines is 1. The van der Waals surface area contributed by atoms with Crippen LogP contribution in [0.2, 0.25) is 5.02 Å². The second kappa shape index (κ2) is 4.96. The molecule has 80 valence electrons. The molecule has 1 N–H and O–H groups in total. The van der Waals surface area contributed by atoms with E-state index in [4.69, 9.17) is 23.2 Å². The molecule has 0 aromatic heterocycles. The van der Waals surface area contributed by atoms with Crippen molar-refractivity contribution >= 4 is 50.7 Å². The van der Waals surface area contributed by atoms with Crippen molar-refractivity contribution in [3.05, 3.63) is 39.1 Å². The maximum Gasteiger partial charge on any atom is 0.266 e. The fourth-order valence-corrected chi connectivity index (χ4v) is 1.31. The van der Waals surface area contributed by atoms with Crippen LogP contribution < -0.4 is 5.32 Å². The number of halogens is 4. The minimum atomic E-state index is -0.602. The number of carbonyl (C=O) groups is 1. The smallest absolute Gasteiger partial charge is 0.266 e. The summed E-state index contributed by atoms with van der Waals surface area (Å²) in [5.74, 6) is -1.17. The van der Waals surface area contributed by atoms with E-state index in [0.717, 1.165) is 6.07 Å². The van der Waals surface area contributed by atoms with Gasteiger partial charge in [0.2, 0.25) is 0 Å². The molecule has 0 bridgehead atoms. The average Bonchev–Trinajstić information content (AvgIpc) is 2.13. The summed E-state index contributed by atoms with van der Waals surface area (Å²) in [5.41, 5.74) is 0.215. The largest absolute Gasteiger partial charge is 0.321 e. The van der Waals surface area contributed by atoms with E-state index in [1.54, 1.807) is 0 Å². The lowest BCUT2D eigenvalue weighted by Crippen LogP contribution is -2.10. The van der Waals surface area contributed by atoms with E-state index in [0.29, 0.717) is 0 Å². The maximum absolute atomic E-state index is 13.2. The first-order valence-corrected chi connectivity index (χ1v) is 5.27. The van der Waals surface area contributed by atoms with Gasteiger partial charge in [-0.15, -0.1) is 0 Å². The molecule has 0 saturated carbocycles. The summed E-state index contributed by atoms with van der Waals surface area (Å²) in [6.07, 6.45) is 0. The standard InChI is InChI=1S/C9H5BrCl2FNO/c1-4(11)9(15)14-5-2-6(12)8(10)7(13)3-5/h2-3H,1H2,(H,14,15). The number of rotatable bonds is 2. The third-order valence-corrected chi connectivity index (χ3v) is 2.99. The lowest BCUT2D eigenvalue weighted by molar-refractivity contribution is -0.112. The minimum Gasteiger partial charge on any atom is -0.321 e. The average molecular weight is 313 g/mol. The van der Waals surface area contributed by atoms with Crippen LogP contribution >= 0.6 is 39.1 Å². The molecule has 6 heteroatoms. The number of benzene rings is 1. The zero-order valence-corrected chi connectivity index (χ0v) is 10.4. The van der Waals surface area contributed by atoms with E-state index in [9.17, 15) is 9.18 Å². The van der Waals surface area contributed by atoms with E-state index < -0.39 is 11.7 Å². The predicted molar refractivity (Wildman–Crippen MR) is 62.7 cm³/mol. The summed E-state index contributed by atoms with van der Waals surface area (Å²) < 4.78 is 13.3. The van der Waals surface area contributed by atoms with E-state index in [1.807, 2.05) is 0 Å². The highest BCUT2D eigenvalue weighted by Gasteiger charge is 2.09. The molecule has 0 aliphatic rings. The molecular formula is C9H5BrCl2FNO. The molecule has 0 atom stereocenters. The number of nitrogens with one attached hydrogen (secondary N) is 1. The second-order valence-electron chi connectivity index (χ2n) is 2.61. The van der Waals surface area contributed by atoms with Gasteiger partial charge in [-0.05, 0) is 28.1 Å². The molecule has 1 rings (SSSR count). The molecule has 0 aliphatic carbocycles. The number of carbonyl (C=O) groups excluding carboxylic acids is 1. The highest BCUT2D eigenvalue weighted by atomic mass is 79.9. The Bertz CT molecular complexity index is 413. The lowest BCUT2D eigenvalue weighted by Gasteiger charge is -2.06. The molecule has 1 aromatic rings. The normalized spacial score (nSPS) is 9.87. The highest BCUT2D eigenvalue weighted by Crippen LogP contribution is 2.29. The van der Waals surface area contributed by atoms with Crippen LogP contribution in [0.15, 0.2) is 28.2 Å². The summed E-state index contributed by atoms with van der Waals surface area (Å²) in [6, 6.07) is 2.51. The van der Waals surface area contributed by atoms with Crippen molar-refractivity contribution < 1.29 is 9.18 Å². The van der Waals surface area contributed by atoms with Gasteiger partial charge in [-0.25, -0.2) is 4.39 Å². The first-order valence-electron chi connectivity index (χ1n) is 3.72. The lowest BCUT2D eigenvalue weighted by atomic mass is 10.3. The fourth-order valence-electron chi connectivity index (χ4n) is 0.827. The third-order valence-electron chi connectivity index (χ3n) is 1.49. The van der Waals surface area contributed by atoms with Crippen LogP contribution in [0.25, 0.3) is 0 Å². The van der Waals surface area contributed by atoms with Gasteiger partial charge in [-0.1, -0.05) is 29.8 Å². The van der Waals surface area contributed by atoms with E-state index in [-0.39, 0.29) is 20.2 Å². The first kappa shape index (κ1) is 12.5. The van der Waals surface area contributed by atoms with Crippen molar-refractivity contribution in [1.29, 1.82) is 0 Å². The van der Waals surface area contributed by atoms with Crippen molar-refractivity contribution in [2.75, 3.05) is 5.32 Å². The van der Waals surface area contributed by atoms with Crippen molar-refractivity contribution in [3.63, 3.8) is 0 Å². The van der Waals surface area contributed by atoms with Crippen LogP contribution in [0.3, 0.4) is 0 Å². The summed E-state index contributed by atoms with van der Waals surface area (Å²) >= 11 is 14.0. The third kappa shape index (κ3) is 3.19. The Morgan fingerprint density at radius 1 is 1.53 bits per heavy atom. The van der Waals surface area contributed by atoms with Gasteiger partial charge < -0.3 is 5.32 Å². The Labute approximate surface area is 104 Å². The van der Waals surface area contributed by atoms with Crippen LogP contribution in [0, 0.1) is 5.82 Å². The molecule has 0 aliphatic heterocycles. The van der Waals surface area contributed by atoms with Gasteiger partial charge >= 0.3 is 0 Å². The Morgan fingerprint density at radius 2 is 2.13 bits per heavy atom. The molecule has 0 spiro atoms.